The van der Waals surface area contributed by atoms with Crippen molar-refractivity contribution in [2.24, 2.45) is 0 Å². The van der Waals surface area contributed by atoms with Crippen LogP contribution in [-0.2, 0) is 6.54 Å². The molecule has 2 aromatic rings. The molecular weight excluding hydrogens is 256 g/mol. The van der Waals surface area contributed by atoms with Gasteiger partial charge in [0.1, 0.15) is 5.02 Å². The Kier molecular flexibility index (Phi) is 3.14. The summed E-state index contributed by atoms with van der Waals surface area (Å²) in [6.07, 6.45) is 3.81. The van der Waals surface area contributed by atoms with Crippen LogP contribution in [0.25, 0.3) is 0 Å². The summed E-state index contributed by atoms with van der Waals surface area (Å²) < 4.78 is 1.91. The van der Waals surface area contributed by atoms with E-state index in [9.17, 15) is 0 Å². The Morgan fingerprint density at radius 3 is 2.07 bits per heavy atom. The Morgan fingerprint density at radius 1 is 1.00 bits per heavy atom. The Hall–Kier alpha value is -0.770. The Balaban J connectivity index is 2.30. The number of halogens is 3. The van der Waals surface area contributed by atoms with E-state index < -0.39 is 0 Å². The quantitative estimate of drug-likeness (QED) is 0.778. The van der Waals surface area contributed by atoms with Crippen LogP contribution in [0.2, 0.25) is 15.3 Å². The van der Waals surface area contributed by atoms with Crippen molar-refractivity contribution < 1.29 is 0 Å². The molecule has 78 valence electrons. The van der Waals surface area contributed by atoms with Crippen molar-refractivity contribution in [3.63, 3.8) is 0 Å². The summed E-state index contributed by atoms with van der Waals surface area (Å²) in [5.74, 6) is 0.533. The predicted octanol–water partition coefficient (Wildman–Crippen LogP) is 3.29. The van der Waals surface area contributed by atoms with Gasteiger partial charge in [-0.25, -0.2) is 9.97 Å². The van der Waals surface area contributed by atoms with Crippen LogP contribution < -0.4 is 0 Å². The van der Waals surface area contributed by atoms with Gasteiger partial charge in [0.25, 0.3) is 0 Å². The largest absolute Gasteiger partial charge is 0.347 e. The predicted molar refractivity (Wildman–Crippen MR) is 60.6 cm³/mol. The highest BCUT2D eigenvalue weighted by molar-refractivity contribution is 6.46. The molecule has 0 atom stereocenters. The van der Waals surface area contributed by atoms with Crippen molar-refractivity contribution >= 4 is 34.8 Å². The summed E-state index contributed by atoms with van der Waals surface area (Å²) in [4.78, 5) is 8.05. The van der Waals surface area contributed by atoms with Crippen molar-refractivity contribution in [3.8, 4) is 0 Å². The molecule has 0 fully saturated rings. The number of nitrogens with zero attached hydrogens (tertiary/aromatic N) is 3. The van der Waals surface area contributed by atoms with Crippen LogP contribution in [0.4, 0.5) is 0 Å². The molecule has 0 bridgehead atoms. The van der Waals surface area contributed by atoms with Gasteiger partial charge < -0.3 is 4.57 Å². The van der Waals surface area contributed by atoms with Crippen molar-refractivity contribution in [1.29, 1.82) is 0 Å². The molecule has 0 amide bonds. The summed E-state index contributed by atoms with van der Waals surface area (Å²) in [6.45, 7) is 0.517. The summed E-state index contributed by atoms with van der Waals surface area (Å²) in [5.41, 5.74) is 0. The number of hydrogen-bond acceptors (Lipinski definition) is 2. The highest BCUT2D eigenvalue weighted by atomic mass is 35.5. The van der Waals surface area contributed by atoms with E-state index in [2.05, 4.69) is 9.97 Å². The summed E-state index contributed by atoms with van der Waals surface area (Å²) in [7, 11) is 0. The minimum atomic E-state index is 0.179. The van der Waals surface area contributed by atoms with E-state index in [4.69, 9.17) is 34.8 Å². The SMILES string of the molecule is Clc1nc(Cn2cccc2)nc(Cl)c1Cl. The fourth-order valence-corrected chi connectivity index (χ4v) is 1.65. The van der Waals surface area contributed by atoms with E-state index in [1.54, 1.807) is 0 Å². The fraction of sp³-hybridized carbons (Fsp3) is 0.111. The van der Waals surface area contributed by atoms with E-state index in [1.807, 2.05) is 29.1 Å². The minimum absolute atomic E-state index is 0.179. The van der Waals surface area contributed by atoms with Gasteiger partial charge in [-0.15, -0.1) is 0 Å². The van der Waals surface area contributed by atoms with E-state index in [0.29, 0.717) is 12.4 Å². The van der Waals surface area contributed by atoms with Crippen LogP contribution in [0.1, 0.15) is 5.82 Å². The van der Waals surface area contributed by atoms with Crippen molar-refractivity contribution in [1.82, 2.24) is 14.5 Å². The van der Waals surface area contributed by atoms with Crippen molar-refractivity contribution in [2.75, 3.05) is 0 Å². The maximum Gasteiger partial charge on any atom is 0.153 e. The number of hydrogen-bond donors (Lipinski definition) is 0. The molecule has 0 aliphatic rings. The van der Waals surface area contributed by atoms with Gasteiger partial charge in [-0.2, -0.15) is 0 Å². The maximum atomic E-state index is 5.78. The summed E-state index contributed by atoms with van der Waals surface area (Å²) in [5, 5.41) is 0.548. The van der Waals surface area contributed by atoms with E-state index >= 15 is 0 Å². The first-order valence-electron chi connectivity index (χ1n) is 4.15. The Bertz CT molecular complexity index is 444. The number of rotatable bonds is 2. The first-order valence-corrected chi connectivity index (χ1v) is 5.28. The standard InChI is InChI=1S/C9H6Cl3N3/c10-7-8(11)13-6(14-9(7)12)5-15-3-1-2-4-15/h1-4H,5H2. The smallest absolute Gasteiger partial charge is 0.153 e. The molecule has 2 aromatic heterocycles. The van der Waals surface area contributed by atoms with Crippen LogP contribution in [0.15, 0.2) is 24.5 Å². The average Bonchev–Trinajstić information content (AvgIpc) is 2.66. The van der Waals surface area contributed by atoms with Gasteiger partial charge >= 0.3 is 0 Å². The zero-order valence-electron chi connectivity index (χ0n) is 7.49. The molecule has 15 heavy (non-hydrogen) atoms. The monoisotopic (exact) mass is 261 g/mol. The fourth-order valence-electron chi connectivity index (χ4n) is 1.14. The van der Waals surface area contributed by atoms with E-state index in [1.165, 1.54) is 0 Å². The zero-order valence-corrected chi connectivity index (χ0v) is 9.76. The van der Waals surface area contributed by atoms with Crippen LogP contribution in [0, 0.1) is 0 Å². The molecule has 0 N–H and O–H groups in total. The molecule has 0 aliphatic carbocycles. The third-order valence-corrected chi connectivity index (χ3v) is 2.91. The highest BCUT2D eigenvalue weighted by Crippen LogP contribution is 2.26. The summed E-state index contributed by atoms with van der Waals surface area (Å²) in [6, 6.07) is 3.83. The molecule has 0 saturated heterocycles. The first-order chi connectivity index (χ1) is 7.16. The Labute approximate surface area is 102 Å². The van der Waals surface area contributed by atoms with Crippen LogP contribution >= 0.6 is 34.8 Å². The lowest BCUT2D eigenvalue weighted by Gasteiger charge is -2.04. The molecule has 0 aromatic carbocycles. The van der Waals surface area contributed by atoms with Crippen molar-refractivity contribution in [2.45, 2.75) is 6.54 Å². The van der Waals surface area contributed by atoms with Gasteiger partial charge in [-0.05, 0) is 12.1 Å². The second kappa shape index (κ2) is 4.39. The molecule has 0 saturated carbocycles. The van der Waals surface area contributed by atoms with Gasteiger partial charge in [0, 0.05) is 12.4 Å². The molecule has 0 spiro atoms. The van der Waals surface area contributed by atoms with Crippen LogP contribution in [0.5, 0.6) is 0 Å². The molecule has 3 nitrogen and oxygen atoms in total. The second-order valence-electron chi connectivity index (χ2n) is 2.89. The van der Waals surface area contributed by atoms with Gasteiger partial charge in [-0.1, -0.05) is 34.8 Å². The topological polar surface area (TPSA) is 30.7 Å². The lowest BCUT2D eigenvalue weighted by Crippen LogP contribution is -2.03. The van der Waals surface area contributed by atoms with Crippen LogP contribution in [-0.4, -0.2) is 14.5 Å². The van der Waals surface area contributed by atoms with Gasteiger partial charge in [0.2, 0.25) is 0 Å². The molecular formula is C9H6Cl3N3. The van der Waals surface area contributed by atoms with Crippen molar-refractivity contribution in [3.05, 3.63) is 45.7 Å². The maximum absolute atomic E-state index is 5.78. The lowest BCUT2D eigenvalue weighted by atomic mass is 10.5. The lowest BCUT2D eigenvalue weighted by molar-refractivity contribution is 0.749. The van der Waals surface area contributed by atoms with Gasteiger partial charge in [0.05, 0.1) is 6.54 Å². The molecule has 2 rings (SSSR count). The third kappa shape index (κ3) is 2.43. The van der Waals surface area contributed by atoms with Gasteiger partial charge in [0.15, 0.2) is 16.1 Å². The molecule has 0 radical (unpaired) electrons. The van der Waals surface area contributed by atoms with E-state index in [0.717, 1.165) is 0 Å². The normalized spacial score (nSPS) is 10.6. The Morgan fingerprint density at radius 2 is 1.53 bits per heavy atom. The zero-order chi connectivity index (χ0) is 10.8. The summed E-state index contributed by atoms with van der Waals surface area (Å²) >= 11 is 17.3. The second-order valence-corrected chi connectivity index (χ2v) is 3.98. The van der Waals surface area contributed by atoms with Crippen LogP contribution in [0.3, 0.4) is 0 Å². The molecule has 0 unspecified atom stereocenters. The third-order valence-electron chi connectivity index (χ3n) is 1.81. The highest BCUT2D eigenvalue weighted by Gasteiger charge is 2.09. The molecule has 2 heterocycles. The first kappa shape index (κ1) is 10.7. The molecule has 0 aliphatic heterocycles. The number of aromatic nitrogens is 3. The van der Waals surface area contributed by atoms with E-state index in [-0.39, 0.29) is 15.3 Å². The minimum Gasteiger partial charge on any atom is -0.347 e. The average molecular weight is 263 g/mol. The van der Waals surface area contributed by atoms with Gasteiger partial charge in [-0.3, -0.25) is 0 Å². The molecule has 6 heteroatoms.